The Morgan fingerprint density at radius 1 is 1.50 bits per heavy atom. The van der Waals surface area contributed by atoms with Crippen molar-refractivity contribution in [2.75, 3.05) is 25.0 Å². The lowest BCUT2D eigenvalue weighted by molar-refractivity contribution is -0.118. The van der Waals surface area contributed by atoms with Gasteiger partial charge in [0.05, 0.1) is 28.4 Å². The first-order chi connectivity index (χ1) is 9.47. The zero-order valence-corrected chi connectivity index (χ0v) is 12.8. The molecule has 0 saturated carbocycles. The molecule has 0 aliphatic carbocycles. The number of rotatable bonds is 3. The van der Waals surface area contributed by atoms with Gasteiger partial charge < -0.3 is 10.4 Å². The SMILES string of the molecule is Cc1ccc(Cl)c(NC(=O)CN2CCCC(O)C2)c1Cl. The molecule has 1 atom stereocenters. The Balaban J connectivity index is 2.00. The van der Waals surface area contributed by atoms with Crippen molar-refractivity contribution < 1.29 is 9.90 Å². The van der Waals surface area contributed by atoms with E-state index in [9.17, 15) is 9.90 Å². The number of nitrogens with one attached hydrogen (secondary N) is 1. The van der Waals surface area contributed by atoms with Crippen LogP contribution in [-0.4, -0.2) is 41.7 Å². The lowest BCUT2D eigenvalue weighted by atomic mass is 10.1. The van der Waals surface area contributed by atoms with E-state index in [2.05, 4.69) is 5.32 Å². The van der Waals surface area contributed by atoms with Crippen molar-refractivity contribution in [2.24, 2.45) is 0 Å². The maximum absolute atomic E-state index is 12.1. The summed E-state index contributed by atoms with van der Waals surface area (Å²) in [6.45, 7) is 3.44. The fraction of sp³-hybridized carbons (Fsp3) is 0.500. The number of benzene rings is 1. The van der Waals surface area contributed by atoms with Gasteiger partial charge in [-0.1, -0.05) is 29.3 Å². The van der Waals surface area contributed by atoms with Crippen LogP contribution in [0.1, 0.15) is 18.4 Å². The number of carbonyl (C=O) groups excluding carboxylic acids is 1. The van der Waals surface area contributed by atoms with Crippen molar-refractivity contribution >= 4 is 34.8 Å². The van der Waals surface area contributed by atoms with Gasteiger partial charge in [-0.15, -0.1) is 0 Å². The van der Waals surface area contributed by atoms with E-state index in [0.29, 0.717) is 22.3 Å². The Kier molecular flexibility index (Phi) is 5.27. The number of anilines is 1. The van der Waals surface area contributed by atoms with Crippen LogP contribution in [0.15, 0.2) is 12.1 Å². The van der Waals surface area contributed by atoms with Crippen LogP contribution >= 0.6 is 23.2 Å². The van der Waals surface area contributed by atoms with E-state index in [1.807, 2.05) is 11.8 Å². The Bertz CT molecular complexity index is 508. The maximum atomic E-state index is 12.1. The molecule has 1 aromatic carbocycles. The van der Waals surface area contributed by atoms with Gasteiger partial charge in [0.2, 0.25) is 5.91 Å². The van der Waals surface area contributed by atoms with Crippen LogP contribution in [0.4, 0.5) is 5.69 Å². The van der Waals surface area contributed by atoms with E-state index < -0.39 is 0 Å². The number of β-amino-alcohol motifs (C(OH)–C–C–N with tert-alkyl or cyclic N) is 1. The molecule has 0 spiro atoms. The van der Waals surface area contributed by atoms with Crippen molar-refractivity contribution in [1.82, 2.24) is 4.90 Å². The number of hydrogen-bond acceptors (Lipinski definition) is 3. The number of likely N-dealkylation sites (tertiary alicyclic amines) is 1. The fourth-order valence-corrected chi connectivity index (χ4v) is 2.79. The van der Waals surface area contributed by atoms with E-state index in [-0.39, 0.29) is 18.6 Å². The summed E-state index contributed by atoms with van der Waals surface area (Å²) in [5.74, 6) is -0.173. The van der Waals surface area contributed by atoms with Gasteiger partial charge in [-0.05, 0) is 37.9 Å². The zero-order chi connectivity index (χ0) is 14.7. The van der Waals surface area contributed by atoms with Crippen molar-refractivity contribution in [3.8, 4) is 0 Å². The summed E-state index contributed by atoms with van der Waals surface area (Å²) in [5, 5.41) is 13.2. The highest BCUT2D eigenvalue weighted by Crippen LogP contribution is 2.32. The van der Waals surface area contributed by atoms with Crippen molar-refractivity contribution in [2.45, 2.75) is 25.9 Å². The number of nitrogens with zero attached hydrogens (tertiary/aromatic N) is 1. The lowest BCUT2D eigenvalue weighted by Crippen LogP contribution is -2.42. The average molecular weight is 317 g/mol. The first-order valence-electron chi connectivity index (χ1n) is 6.62. The van der Waals surface area contributed by atoms with Gasteiger partial charge in [0.15, 0.2) is 0 Å². The normalized spacial score (nSPS) is 19.9. The number of aryl methyl sites for hydroxylation is 1. The summed E-state index contributed by atoms with van der Waals surface area (Å²) in [6.07, 6.45) is 1.36. The highest BCUT2D eigenvalue weighted by Gasteiger charge is 2.20. The van der Waals surface area contributed by atoms with Crippen LogP contribution < -0.4 is 5.32 Å². The predicted octanol–water partition coefficient (Wildman–Crippen LogP) is 2.70. The number of carbonyl (C=O) groups is 1. The highest BCUT2D eigenvalue weighted by atomic mass is 35.5. The Morgan fingerprint density at radius 3 is 2.95 bits per heavy atom. The molecule has 1 aliphatic rings. The second-order valence-electron chi connectivity index (χ2n) is 5.13. The third kappa shape index (κ3) is 3.85. The molecule has 20 heavy (non-hydrogen) atoms. The van der Waals surface area contributed by atoms with Gasteiger partial charge in [-0.3, -0.25) is 9.69 Å². The first kappa shape index (κ1) is 15.6. The van der Waals surface area contributed by atoms with Crippen LogP contribution in [-0.2, 0) is 4.79 Å². The number of aliphatic hydroxyl groups is 1. The summed E-state index contributed by atoms with van der Waals surface area (Å²) < 4.78 is 0. The minimum absolute atomic E-state index is 0.173. The standard InChI is InChI=1S/C14H18Cl2N2O2/c1-9-4-5-11(15)14(13(9)16)17-12(20)8-18-6-2-3-10(19)7-18/h4-5,10,19H,2-3,6-8H2,1H3,(H,17,20). The third-order valence-corrected chi connectivity index (χ3v) is 4.20. The molecule has 4 nitrogen and oxygen atoms in total. The van der Waals surface area contributed by atoms with Crippen LogP contribution in [0.2, 0.25) is 10.0 Å². The molecule has 1 aliphatic heterocycles. The molecule has 0 radical (unpaired) electrons. The number of halogens is 2. The van der Waals surface area contributed by atoms with Crippen LogP contribution in [0.3, 0.4) is 0 Å². The van der Waals surface area contributed by atoms with E-state index >= 15 is 0 Å². The summed E-state index contributed by atoms with van der Waals surface area (Å²) in [7, 11) is 0. The lowest BCUT2D eigenvalue weighted by Gasteiger charge is -2.29. The molecule has 1 amide bonds. The summed E-state index contributed by atoms with van der Waals surface area (Å²) >= 11 is 12.2. The maximum Gasteiger partial charge on any atom is 0.238 e. The predicted molar refractivity (Wildman–Crippen MR) is 81.5 cm³/mol. The third-order valence-electron chi connectivity index (χ3n) is 3.40. The van der Waals surface area contributed by atoms with Gasteiger partial charge in [-0.25, -0.2) is 0 Å². The van der Waals surface area contributed by atoms with E-state index in [1.165, 1.54) is 0 Å². The van der Waals surface area contributed by atoms with Gasteiger partial charge in [-0.2, -0.15) is 0 Å². The molecule has 0 bridgehead atoms. The molecule has 1 saturated heterocycles. The van der Waals surface area contributed by atoms with Gasteiger partial charge in [0, 0.05) is 6.54 Å². The molecule has 6 heteroatoms. The second kappa shape index (κ2) is 6.76. The molecule has 1 fully saturated rings. The molecule has 1 aromatic rings. The van der Waals surface area contributed by atoms with Gasteiger partial charge in [0.1, 0.15) is 0 Å². The molecular formula is C14H18Cl2N2O2. The monoisotopic (exact) mass is 316 g/mol. The number of aliphatic hydroxyl groups excluding tert-OH is 1. The molecular weight excluding hydrogens is 299 g/mol. The second-order valence-corrected chi connectivity index (χ2v) is 5.92. The highest BCUT2D eigenvalue weighted by molar-refractivity contribution is 6.40. The van der Waals surface area contributed by atoms with Gasteiger partial charge >= 0.3 is 0 Å². The number of hydrogen-bond donors (Lipinski definition) is 2. The molecule has 1 unspecified atom stereocenters. The Labute approximate surface area is 128 Å². The van der Waals surface area contributed by atoms with Crippen molar-refractivity contribution in [3.63, 3.8) is 0 Å². The minimum Gasteiger partial charge on any atom is -0.392 e. The Hall–Kier alpha value is -0.810. The summed E-state index contributed by atoms with van der Waals surface area (Å²) in [4.78, 5) is 14.0. The number of piperidine rings is 1. The summed E-state index contributed by atoms with van der Waals surface area (Å²) in [5.41, 5.74) is 1.32. The fourth-order valence-electron chi connectivity index (χ4n) is 2.33. The largest absolute Gasteiger partial charge is 0.392 e. The summed E-state index contributed by atoms with van der Waals surface area (Å²) in [6, 6.07) is 3.52. The van der Waals surface area contributed by atoms with Crippen LogP contribution in [0.5, 0.6) is 0 Å². The molecule has 2 rings (SSSR count). The Morgan fingerprint density at radius 2 is 2.25 bits per heavy atom. The van der Waals surface area contributed by atoms with E-state index in [4.69, 9.17) is 23.2 Å². The van der Waals surface area contributed by atoms with Crippen LogP contribution in [0.25, 0.3) is 0 Å². The van der Waals surface area contributed by atoms with E-state index in [1.54, 1.807) is 12.1 Å². The number of amides is 1. The molecule has 0 aromatic heterocycles. The first-order valence-corrected chi connectivity index (χ1v) is 7.38. The topological polar surface area (TPSA) is 52.6 Å². The smallest absolute Gasteiger partial charge is 0.238 e. The molecule has 2 N–H and O–H groups in total. The van der Waals surface area contributed by atoms with Crippen molar-refractivity contribution in [3.05, 3.63) is 27.7 Å². The molecule has 1 heterocycles. The quantitative estimate of drug-likeness (QED) is 0.901. The van der Waals surface area contributed by atoms with Gasteiger partial charge in [0.25, 0.3) is 0 Å². The average Bonchev–Trinajstić information content (AvgIpc) is 2.39. The van der Waals surface area contributed by atoms with Crippen molar-refractivity contribution in [1.29, 1.82) is 0 Å². The zero-order valence-electron chi connectivity index (χ0n) is 11.3. The minimum atomic E-state index is -0.345. The molecule has 110 valence electrons. The van der Waals surface area contributed by atoms with E-state index in [0.717, 1.165) is 24.9 Å². The van der Waals surface area contributed by atoms with Crippen LogP contribution in [0, 0.1) is 6.92 Å².